The van der Waals surface area contributed by atoms with Gasteiger partial charge in [-0.2, -0.15) is 0 Å². The number of carbonyl (C=O) groups excluding carboxylic acids is 3. The summed E-state index contributed by atoms with van der Waals surface area (Å²) in [7, 11) is 0. The summed E-state index contributed by atoms with van der Waals surface area (Å²) in [5, 5.41) is 2.87. The molecule has 0 saturated heterocycles. The summed E-state index contributed by atoms with van der Waals surface area (Å²) in [6.07, 6.45) is 2.69. The van der Waals surface area contributed by atoms with E-state index in [-0.39, 0.29) is 19.0 Å². The molecule has 0 heterocycles. The Balaban J connectivity index is 4.65. The Morgan fingerprint density at radius 2 is 1.85 bits per heavy atom. The van der Waals surface area contributed by atoms with E-state index >= 15 is 0 Å². The number of hydrogen-bond donors (Lipinski definition) is 1. The van der Waals surface area contributed by atoms with Gasteiger partial charge in [0.05, 0.1) is 13.2 Å². The van der Waals surface area contributed by atoms with Gasteiger partial charge in [-0.15, -0.1) is 0 Å². The van der Waals surface area contributed by atoms with Crippen LogP contribution in [-0.2, 0) is 23.9 Å². The lowest BCUT2D eigenvalue weighted by Crippen LogP contribution is -2.36. The van der Waals surface area contributed by atoms with Gasteiger partial charge in [0.2, 0.25) is 6.41 Å². The maximum absolute atomic E-state index is 11.6. The predicted molar refractivity (Wildman–Crippen MR) is 77.4 cm³/mol. The molecule has 0 spiro atoms. The Bertz CT molecular complexity index is 357. The van der Waals surface area contributed by atoms with E-state index in [1.807, 2.05) is 0 Å². The molecule has 6 nitrogen and oxygen atoms in total. The lowest BCUT2D eigenvalue weighted by Gasteiger charge is -2.13. The van der Waals surface area contributed by atoms with Crippen LogP contribution in [0.1, 0.15) is 26.7 Å². The molecule has 0 bridgehead atoms. The van der Waals surface area contributed by atoms with Crippen LogP contribution in [0.4, 0.5) is 0 Å². The minimum atomic E-state index is -0.845. The van der Waals surface area contributed by atoms with Gasteiger partial charge < -0.3 is 14.8 Å². The average Bonchev–Trinajstić information content (AvgIpc) is 2.42. The van der Waals surface area contributed by atoms with E-state index in [1.165, 1.54) is 0 Å². The molecule has 0 aliphatic carbocycles. The van der Waals surface area contributed by atoms with Crippen LogP contribution in [0.2, 0.25) is 0 Å². The number of ether oxygens (including phenoxy) is 2. The second-order valence-corrected chi connectivity index (χ2v) is 4.34. The SMILES string of the molecule is CCOC(=O)CCC(=CC(NC=O)C(=O)OCC)CBr. The number of halogens is 1. The molecule has 1 unspecified atom stereocenters. The maximum Gasteiger partial charge on any atom is 0.332 e. The Morgan fingerprint density at radius 3 is 2.35 bits per heavy atom. The molecule has 1 atom stereocenters. The number of alkyl halides is 1. The van der Waals surface area contributed by atoms with Crippen molar-refractivity contribution >= 4 is 34.3 Å². The quantitative estimate of drug-likeness (QED) is 0.278. The van der Waals surface area contributed by atoms with Crippen molar-refractivity contribution in [1.82, 2.24) is 5.32 Å². The summed E-state index contributed by atoms with van der Waals surface area (Å²) in [5.41, 5.74) is 0.811. The van der Waals surface area contributed by atoms with Gasteiger partial charge in [-0.3, -0.25) is 9.59 Å². The fraction of sp³-hybridized carbons (Fsp3) is 0.615. The van der Waals surface area contributed by atoms with Crippen LogP contribution in [-0.4, -0.2) is 42.9 Å². The molecule has 0 fully saturated rings. The predicted octanol–water partition coefficient (Wildman–Crippen LogP) is 1.33. The highest BCUT2D eigenvalue weighted by Gasteiger charge is 2.17. The number of amides is 1. The topological polar surface area (TPSA) is 81.7 Å². The van der Waals surface area contributed by atoms with Crippen LogP contribution in [0.5, 0.6) is 0 Å². The van der Waals surface area contributed by atoms with E-state index in [0.717, 1.165) is 5.57 Å². The molecule has 0 aliphatic heterocycles. The minimum absolute atomic E-state index is 0.224. The molecule has 0 aromatic rings. The summed E-state index contributed by atoms with van der Waals surface area (Å²) in [5.74, 6) is -0.829. The number of hydrogen-bond acceptors (Lipinski definition) is 5. The second kappa shape index (κ2) is 11.5. The number of esters is 2. The molecule has 0 aromatic heterocycles. The zero-order chi connectivity index (χ0) is 15.4. The van der Waals surface area contributed by atoms with Crippen molar-refractivity contribution in [2.75, 3.05) is 18.5 Å². The molecular formula is C13H20BrNO5. The summed E-state index contributed by atoms with van der Waals surface area (Å²) in [6, 6.07) is -0.845. The number of rotatable bonds is 10. The lowest BCUT2D eigenvalue weighted by molar-refractivity contribution is -0.145. The second-order valence-electron chi connectivity index (χ2n) is 3.78. The van der Waals surface area contributed by atoms with E-state index in [1.54, 1.807) is 19.9 Å². The van der Waals surface area contributed by atoms with Crippen LogP contribution >= 0.6 is 15.9 Å². The maximum atomic E-state index is 11.6. The van der Waals surface area contributed by atoms with E-state index in [9.17, 15) is 14.4 Å². The van der Waals surface area contributed by atoms with Gasteiger partial charge in [-0.1, -0.05) is 27.6 Å². The number of carbonyl (C=O) groups is 3. The molecule has 1 amide bonds. The Labute approximate surface area is 127 Å². The summed E-state index contributed by atoms with van der Waals surface area (Å²) in [4.78, 5) is 33.4. The first kappa shape index (κ1) is 18.6. The molecule has 0 radical (unpaired) electrons. The molecule has 20 heavy (non-hydrogen) atoms. The van der Waals surface area contributed by atoms with Crippen LogP contribution in [0.15, 0.2) is 11.6 Å². The average molecular weight is 350 g/mol. The number of allylic oxidation sites excluding steroid dienone is 1. The van der Waals surface area contributed by atoms with Crippen LogP contribution in [0.3, 0.4) is 0 Å². The minimum Gasteiger partial charge on any atom is -0.466 e. The largest absolute Gasteiger partial charge is 0.466 e. The lowest BCUT2D eigenvalue weighted by atomic mass is 10.1. The Morgan fingerprint density at radius 1 is 1.20 bits per heavy atom. The number of nitrogens with one attached hydrogen (secondary N) is 1. The first-order valence-electron chi connectivity index (χ1n) is 6.36. The highest BCUT2D eigenvalue weighted by atomic mass is 79.9. The third kappa shape index (κ3) is 7.93. The van der Waals surface area contributed by atoms with Gasteiger partial charge in [-0.25, -0.2) is 4.79 Å². The molecule has 7 heteroatoms. The first-order chi connectivity index (χ1) is 9.58. The fourth-order valence-electron chi connectivity index (χ4n) is 1.42. The molecular weight excluding hydrogens is 330 g/mol. The van der Waals surface area contributed by atoms with Gasteiger partial charge in [-0.05, 0) is 20.3 Å². The van der Waals surface area contributed by atoms with Crippen molar-refractivity contribution in [2.24, 2.45) is 0 Å². The summed E-state index contributed by atoms with van der Waals surface area (Å²) >= 11 is 3.28. The van der Waals surface area contributed by atoms with Gasteiger partial charge in [0.15, 0.2) is 0 Å². The van der Waals surface area contributed by atoms with Crippen molar-refractivity contribution in [2.45, 2.75) is 32.7 Å². The van der Waals surface area contributed by atoms with Crippen molar-refractivity contribution < 1.29 is 23.9 Å². The van der Waals surface area contributed by atoms with Gasteiger partial charge in [0.25, 0.3) is 0 Å². The zero-order valence-electron chi connectivity index (χ0n) is 11.7. The van der Waals surface area contributed by atoms with E-state index in [2.05, 4.69) is 21.2 Å². The Kier molecular flexibility index (Phi) is 10.7. The smallest absolute Gasteiger partial charge is 0.332 e. The normalized spacial score (nSPS) is 12.4. The van der Waals surface area contributed by atoms with Crippen molar-refractivity contribution in [1.29, 1.82) is 0 Å². The monoisotopic (exact) mass is 349 g/mol. The zero-order valence-corrected chi connectivity index (χ0v) is 13.3. The van der Waals surface area contributed by atoms with Crippen molar-refractivity contribution in [3.8, 4) is 0 Å². The Hall–Kier alpha value is -1.37. The first-order valence-corrected chi connectivity index (χ1v) is 7.48. The fourth-order valence-corrected chi connectivity index (χ4v) is 1.88. The van der Waals surface area contributed by atoms with E-state index < -0.39 is 12.0 Å². The van der Waals surface area contributed by atoms with Crippen molar-refractivity contribution in [3.63, 3.8) is 0 Å². The van der Waals surface area contributed by atoms with Gasteiger partial charge in [0.1, 0.15) is 6.04 Å². The molecule has 1 N–H and O–H groups in total. The van der Waals surface area contributed by atoms with Crippen molar-refractivity contribution in [3.05, 3.63) is 11.6 Å². The van der Waals surface area contributed by atoms with Gasteiger partial charge >= 0.3 is 11.9 Å². The molecule has 0 rings (SSSR count). The summed E-state index contributed by atoms with van der Waals surface area (Å²) < 4.78 is 9.68. The third-order valence-electron chi connectivity index (χ3n) is 2.32. The van der Waals surface area contributed by atoms with Crippen LogP contribution < -0.4 is 5.32 Å². The van der Waals surface area contributed by atoms with Gasteiger partial charge in [0, 0.05) is 11.8 Å². The van der Waals surface area contributed by atoms with E-state index in [4.69, 9.17) is 9.47 Å². The standard InChI is InChI=1S/C13H20BrNO5/c1-3-19-12(17)6-5-10(8-14)7-11(15-9-16)13(18)20-4-2/h7,9,11H,3-6,8H2,1-2H3,(H,15,16). The summed E-state index contributed by atoms with van der Waals surface area (Å²) in [6.45, 7) is 4.00. The molecule has 0 aliphatic rings. The van der Waals surface area contributed by atoms with Crippen LogP contribution in [0, 0.1) is 0 Å². The highest BCUT2D eigenvalue weighted by molar-refractivity contribution is 9.09. The highest BCUT2D eigenvalue weighted by Crippen LogP contribution is 2.11. The molecule has 0 saturated carbocycles. The molecule has 0 aromatic carbocycles. The third-order valence-corrected chi connectivity index (χ3v) is 3.04. The van der Waals surface area contributed by atoms with Crippen LogP contribution in [0.25, 0.3) is 0 Å². The van der Waals surface area contributed by atoms with E-state index in [0.29, 0.717) is 24.8 Å². The molecule has 114 valence electrons.